The van der Waals surface area contributed by atoms with E-state index in [9.17, 15) is 8.42 Å². The summed E-state index contributed by atoms with van der Waals surface area (Å²) in [4.78, 5) is 0.330. The van der Waals surface area contributed by atoms with Gasteiger partial charge in [0.1, 0.15) is 4.90 Å². The van der Waals surface area contributed by atoms with Crippen LogP contribution in [0.1, 0.15) is 30.7 Å². The van der Waals surface area contributed by atoms with E-state index in [2.05, 4.69) is 5.10 Å². The third-order valence-corrected chi connectivity index (χ3v) is 5.40. The summed E-state index contributed by atoms with van der Waals surface area (Å²) in [5.74, 6) is 0. The first-order valence-corrected chi connectivity index (χ1v) is 7.93. The lowest BCUT2D eigenvalue weighted by Gasteiger charge is -2.17. The normalized spacial score (nSPS) is 12.3. The van der Waals surface area contributed by atoms with Crippen molar-refractivity contribution in [2.45, 2.75) is 38.0 Å². The fourth-order valence-corrected chi connectivity index (χ4v) is 3.66. The highest BCUT2D eigenvalue weighted by atomic mass is 32.2. The highest BCUT2D eigenvalue weighted by Gasteiger charge is 2.27. The van der Waals surface area contributed by atoms with Gasteiger partial charge in [-0.15, -0.1) is 0 Å². The average molecular weight is 288 g/mol. The minimum absolute atomic E-state index is 0.330. The van der Waals surface area contributed by atoms with Crippen molar-refractivity contribution in [1.29, 1.82) is 0 Å². The van der Waals surface area contributed by atoms with Crippen LogP contribution < -0.4 is 5.73 Å². The van der Waals surface area contributed by atoms with Gasteiger partial charge in [0.05, 0.1) is 11.4 Å². The second-order valence-electron chi connectivity index (χ2n) is 4.80. The number of nitrogens with two attached hydrogens (primary N) is 1. The van der Waals surface area contributed by atoms with Crippen molar-refractivity contribution in [3.63, 3.8) is 0 Å². The number of aromatic nitrogens is 2. The summed E-state index contributed by atoms with van der Waals surface area (Å²) in [5, 5.41) is 4.16. The van der Waals surface area contributed by atoms with Crippen molar-refractivity contribution in [2.75, 3.05) is 20.1 Å². The Kier molecular flexibility index (Phi) is 5.51. The van der Waals surface area contributed by atoms with Crippen LogP contribution in [0.15, 0.2) is 4.90 Å². The van der Waals surface area contributed by atoms with Crippen LogP contribution in [0.25, 0.3) is 0 Å². The summed E-state index contributed by atoms with van der Waals surface area (Å²) in [6, 6.07) is 0. The molecule has 0 aromatic carbocycles. The van der Waals surface area contributed by atoms with Gasteiger partial charge >= 0.3 is 0 Å². The molecule has 0 aliphatic heterocycles. The summed E-state index contributed by atoms with van der Waals surface area (Å²) < 4.78 is 28.0. The van der Waals surface area contributed by atoms with Crippen molar-refractivity contribution >= 4 is 10.0 Å². The van der Waals surface area contributed by atoms with E-state index in [1.807, 2.05) is 0 Å². The van der Waals surface area contributed by atoms with Gasteiger partial charge in [-0.2, -0.15) is 5.10 Å². The van der Waals surface area contributed by atoms with Crippen molar-refractivity contribution in [1.82, 2.24) is 14.1 Å². The lowest BCUT2D eigenvalue weighted by Crippen LogP contribution is -2.29. The molecule has 2 N–H and O–H groups in total. The molecule has 0 spiro atoms. The Hall–Kier alpha value is -0.920. The summed E-state index contributed by atoms with van der Waals surface area (Å²) in [6.45, 7) is 4.66. The zero-order chi connectivity index (χ0) is 14.6. The van der Waals surface area contributed by atoms with Gasteiger partial charge in [-0.1, -0.05) is 6.42 Å². The molecular weight excluding hydrogens is 264 g/mol. The minimum atomic E-state index is -3.45. The van der Waals surface area contributed by atoms with Crippen LogP contribution >= 0.6 is 0 Å². The van der Waals surface area contributed by atoms with Crippen LogP contribution in [0.2, 0.25) is 0 Å². The summed E-state index contributed by atoms with van der Waals surface area (Å²) in [7, 11) is -0.0806. The van der Waals surface area contributed by atoms with Gasteiger partial charge in [-0.25, -0.2) is 12.7 Å². The molecular formula is C12H24N4O2S. The molecule has 0 saturated heterocycles. The quantitative estimate of drug-likeness (QED) is 0.752. The predicted octanol–water partition coefficient (Wildman–Crippen LogP) is 0.786. The molecule has 1 aromatic rings. The van der Waals surface area contributed by atoms with Gasteiger partial charge in [-0.3, -0.25) is 4.68 Å². The molecule has 1 aromatic heterocycles. The highest BCUT2D eigenvalue weighted by Crippen LogP contribution is 2.22. The second-order valence-corrected chi connectivity index (χ2v) is 6.78. The van der Waals surface area contributed by atoms with Crippen molar-refractivity contribution < 1.29 is 8.42 Å². The van der Waals surface area contributed by atoms with Gasteiger partial charge in [0.15, 0.2) is 0 Å². The van der Waals surface area contributed by atoms with E-state index in [1.54, 1.807) is 32.6 Å². The maximum atomic E-state index is 12.5. The first-order valence-electron chi connectivity index (χ1n) is 6.49. The molecule has 0 fully saturated rings. The minimum Gasteiger partial charge on any atom is -0.330 e. The zero-order valence-corrected chi connectivity index (χ0v) is 13.0. The number of sulfonamides is 1. The third-order valence-electron chi connectivity index (χ3n) is 3.29. The van der Waals surface area contributed by atoms with E-state index >= 15 is 0 Å². The molecule has 7 heteroatoms. The molecule has 6 nitrogen and oxygen atoms in total. The van der Waals surface area contributed by atoms with Gasteiger partial charge in [0.25, 0.3) is 0 Å². The Bertz CT molecular complexity index is 522. The molecule has 0 atom stereocenters. The van der Waals surface area contributed by atoms with E-state index in [0.717, 1.165) is 19.3 Å². The fourth-order valence-electron chi connectivity index (χ4n) is 2.06. The molecule has 1 heterocycles. The smallest absolute Gasteiger partial charge is 0.246 e. The topological polar surface area (TPSA) is 81.2 Å². The molecule has 0 saturated carbocycles. The van der Waals surface area contributed by atoms with Gasteiger partial charge in [0.2, 0.25) is 10.0 Å². The Labute approximate surface area is 115 Å². The summed E-state index contributed by atoms with van der Waals surface area (Å²) in [6.07, 6.45) is 2.70. The second kappa shape index (κ2) is 6.49. The van der Waals surface area contributed by atoms with Gasteiger partial charge in [-0.05, 0) is 33.2 Å². The van der Waals surface area contributed by atoms with Gasteiger partial charge in [0, 0.05) is 20.6 Å². The molecule has 19 heavy (non-hydrogen) atoms. The molecule has 0 unspecified atom stereocenters. The maximum absolute atomic E-state index is 12.5. The van der Waals surface area contributed by atoms with Crippen molar-refractivity contribution in [3.8, 4) is 0 Å². The number of rotatable bonds is 7. The number of hydrogen-bond donors (Lipinski definition) is 1. The van der Waals surface area contributed by atoms with Crippen LogP contribution in [-0.2, 0) is 17.1 Å². The largest absolute Gasteiger partial charge is 0.330 e. The van der Waals surface area contributed by atoms with Crippen molar-refractivity contribution in [2.24, 2.45) is 12.8 Å². The Morgan fingerprint density at radius 3 is 2.37 bits per heavy atom. The third kappa shape index (κ3) is 3.55. The van der Waals surface area contributed by atoms with Crippen molar-refractivity contribution in [3.05, 3.63) is 11.4 Å². The van der Waals surface area contributed by atoms with E-state index in [1.165, 1.54) is 4.31 Å². The lowest BCUT2D eigenvalue weighted by molar-refractivity contribution is 0.452. The molecule has 0 aliphatic rings. The molecule has 0 radical (unpaired) electrons. The predicted molar refractivity (Wildman–Crippen MR) is 75.4 cm³/mol. The monoisotopic (exact) mass is 288 g/mol. The van der Waals surface area contributed by atoms with E-state index in [0.29, 0.717) is 29.4 Å². The Morgan fingerprint density at radius 1 is 1.26 bits per heavy atom. The standard InChI is InChI=1S/C12H24N4O2S/c1-10-12(11(2)16(4)14-10)19(17,18)15(3)9-7-5-6-8-13/h5-9,13H2,1-4H3. The highest BCUT2D eigenvalue weighted by molar-refractivity contribution is 7.89. The average Bonchev–Trinajstić information content (AvgIpc) is 2.58. The van der Waals surface area contributed by atoms with Gasteiger partial charge < -0.3 is 5.73 Å². The Balaban J connectivity index is 2.85. The number of aryl methyl sites for hydroxylation is 2. The lowest BCUT2D eigenvalue weighted by atomic mass is 10.2. The van der Waals surface area contributed by atoms with E-state index in [-0.39, 0.29) is 0 Å². The fraction of sp³-hybridized carbons (Fsp3) is 0.750. The van der Waals surface area contributed by atoms with Crippen LogP contribution in [0, 0.1) is 13.8 Å². The van der Waals surface area contributed by atoms with E-state index in [4.69, 9.17) is 5.73 Å². The summed E-state index contributed by atoms with van der Waals surface area (Å²) in [5.41, 5.74) is 6.64. The molecule has 110 valence electrons. The Morgan fingerprint density at radius 2 is 1.89 bits per heavy atom. The summed E-state index contributed by atoms with van der Waals surface area (Å²) >= 11 is 0. The molecule has 0 aliphatic carbocycles. The van der Waals surface area contributed by atoms with Crippen LogP contribution in [0.3, 0.4) is 0 Å². The molecule has 0 amide bonds. The number of hydrogen-bond acceptors (Lipinski definition) is 4. The first-order chi connectivity index (χ1) is 8.82. The maximum Gasteiger partial charge on any atom is 0.246 e. The number of nitrogens with zero attached hydrogens (tertiary/aromatic N) is 3. The first kappa shape index (κ1) is 16.1. The van der Waals surface area contributed by atoms with Crippen LogP contribution in [0.5, 0.6) is 0 Å². The molecule has 1 rings (SSSR count). The van der Waals surface area contributed by atoms with E-state index < -0.39 is 10.0 Å². The SMILES string of the molecule is Cc1nn(C)c(C)c1S(=O)(=O)N(C)CCCCCN. The number of unbranched alkanes of at least 4 members (excludes halogenated alkanes) is 2. The zero-order valence-electron chi connectivity index (χ0n) is 12.2. The molecule has 0 bridgehead atoms. The van der Waals surface area contributed by atoms with Crippen LogP contribution in [0.4, 0.5) is 0 Å². The van der Waals surface area contributed by atoms with Crippen LogP contribution in [-0.4, -0.2) is 42.6 Å².